The molecule has 0 aromatic heterocycles. The van der Waals surface area contributed by atoms with E-state index in [1.807, 2.05) is 0 Å². The predicted octanol–water partition coefficient (Wildman–Crippen LogP) is 3.15. The molecule has 0 heterocycles. The van der Waals surface area contributed by atoms with Crippen molar-refractivity contribution in [2.45, 2.75) is 18.5 Å². The number of rotatable bonds is 3. The lowest BCUT2D eigenvalue weighted by Crippen LogP contribution is -2.19. The second kappa shape index (κ2) is 4.37. The SMILES string of the molecule is NCCC(F)(F)c1cccc(C(F)(F)F)c1. The molecule has 6 heteroatoms. The summed E-state index contributed by atoms with van der Waals surface area (Å²) in [5.41, 5.74) is 3.23. The monoisotopic (exact) mass is 239 g/mol. The van der Waals surface area contributed by atoms with Crippen LogP contribution in [0.2, 0.25) is 0 Å². The van der Waals surface area contributed by atoms with Gasteiger partial charge in [0.25, 0.3) is 5.92 Å². The van der Waals surface area contributed by atoms with Crippen molar-refractivity contribution < 1.29 is 22.0 Å². The summed E-state index contributed by atoms with van der Waals surface area (Å²) in [5.74, 6) is -3.32. The van der Waals surface area contributed by atoms with Crippen molar-refractivity contribution in [3.63, 3.8) is 0 Å². The molecule has 1 aromatic rings. The Hall–Kier alpha value is -1.17. The van der Waals surface area contributed by atoms with Gasteiger partial charge < -0.3 is 5.73 Å². The molecule has 0 fully saturated rings. The van der Waals surface area contributed by atoms with E-state index in [1.165, 1.54) is 0 Å². The van der Waals surface area contributed by atoms with Crippen LogP contribution in [0.25, 0.3) is 0 Å². The Labute approximate surface area is 89.1 Å². The fraction of sp³-hybridized carbons (Fsp3) is 0.400. The summed E-state index contributed by atoms with van der Waals surface area (Å²) in [6.45, 7) is -0.288. The van der Waals surface area contributed by atoms with Gasteiger partial charge in [-0.3, -0.25) is 0 Å². The summed E-state index contributed by atoms with van der Waals surface area (Å²) in [7, 11) is 0. The highest BCUT2D eigenvalue weighted by atomic mass is 19.4. The molecule has 0 saturated heterocycles. The maximum Gasteiger partial charge on any atom is 0.416 e. The normalized spacial score (nSPS) is 12.9. The van der Waals surface area contributed by atoms with Gasteiger partial charge in [0.2, 0.25) is 0 Å². The highest BCUT2D eigenvalue weighted by Crippen LogP contribution is 2.35. The smallest absolute Gasteiger partial charge is 0.330 e. The minimum absolute atomic E-state index is 0.288. The third kappa shape index (κ3) is 2.91. The fourth-order valence-electron chi connectivity index (χ4n) is 1.25. The molecule has 0 saturated carbocycles. The van der Waals surface area contributed by atoms with Gasteiger partial charge in [0.15, 0.2) is 0 Å². The topological polar surface area (TPSA) is 26.0 Å². The summed E-state index contributed by atoms with van der Waals surface area (Å²) in [5, 5.41) is 0. The van der Waals surface area contributed by atoms with Crippen molar-refractivity contribution >= 4 is 0 Å². The molecule has 0 spiro atoms. The molecule has 0 bridgehead atoms. The number of nitrogens with two attached hydrogens (primary N) is 1. The summed E-state index contributed by atoms with van der Waals surface area (Å²) < 4.78 is 63.4. The Morgan fingerprint density at radius 3 is 2.06 bits per heavy atom. The lowest BCUT2D eigenvalue weighted by atomic mass is 10.0. The molecule has 16 heavy (non-hydrogen) atoms. The first kappa shape index (κ1) is 12.9. The molecule has 0 aliphatic carbocycles. The van der Waals surface area contributed by atoms with Crippen LogP contribution >= 0.6 is 0 Å². The minimum Gasteiger partial charge on any atom is -0.330 e. The Morgan fingerprint density at radius 2 is 1.56 bits per heavy atom. The first-order chi connectivity index (χ1) is 7.27. The van der Waals surface area contributed by atoms with Gasteiger partial charge in [0.1, 0.15) is 0 Å². The van der Waals surface area contributed by atoms with E-state index in [9.17, 15) is 22.0 Å². The van der Waals surface area contributed by atoms with Crippen LogP contribution in [0, 0.1) is 0 Å². The zero-order valence-electron chi connectivity index (χ0n) is 8.19. The van der Waals surface area contributed by atoms with Gasteiger partial charge in [-0.05, 0) is 18.7 Å². The van der Waals surface area contributed by atoms with Crippen molar-refractivity contribution in [3.8, 4) is 0 Å². The molecule has 2 N–H and O–H groups in total. The highest BCUT2D eigenvalue weighted by Gasteiger charge is 2.35. The zero-order valence-corrected chi connectivity index (χ0v) is 8.19. The number of hydrogen-bond acceptors (Lipinski definition) is 1. The largest absolute Gasteiger partial charge is 0.416 e. The van der Waals surface area contributed by atoms with Gasteiger partial charge in [-0.15, -0.1) is 0 Å². The van der Waals surface area contributed by atoms with Crippen molar-refractivity contribution in [2.24, 2.45) is 5.73 Å². The van der Waals surface area contributed by atoms with E-state index in [1.54, 1.807) is 0 Å². The molecular weight excluding hydrogens is 229 g/mol. The molecule has 90 valence electrons. The average molecular weight is 239 g/mol. The molecule has 0 unspecified atom stereocenters. The van der Waals surface area contributed by atoms with Crippen molar-refractivity contribution in [1.82, 2.24) is 0 Å². The predicted molar refractivity (Wildman–Crippen MR) is 49.0 cm³/mol. The first-order valence-electron chi connectivity index (χ1n) is 4.53. The van der Waals surface area contributed by atoms with Crippen LogP contribution in [0.4, 0.5) is 22.0 Å². The Morgan fingerprint density at radius 1 is 1.00 bits per heavy atom. The van der Waals surface area contributed by atoms with Gasteiger partial charge in [-0.2, -0.15) is 13.2 Å². The highest BCUT2D eigenvalue weighted by molar-refractivity contribution is 5.28. The fourth-order valence-corrected chi connectivity index (χ4v) is 1.25. The summed E-state index contributed by atoms with van der Waals surface area (Å²) in [6.07, 6.45) is -5.29. The minimum atomic E-state index is -4.62. The zero-order chi connectivity index (χ0) is 12.4. The van der Waals surface area contributed by atoms with Gasteiger partial charge in [0, 0.05) is 12.0 Å². The van der Waals surface area contributed by atoms with E-state index in [-0.39, 0.29) is 6.54 Å². The summed E-state index contributed by atoms with van der Waals surface area (Å²) in [4.78, 5) is 0. The molecule has 1 nitrogen and oxygen atoms in total. The average Bonchev–Trinajstić information content (AvgIpc) is 2.16. The van der Waals surface area contributed by atoms with Crippen molar-refractivity contribution in [2.75, 3.05) is 6.54 Å². The maximum absolute atomic E-state index is 13.3. The number of hydrogen-bond donors (Lipinski definition) is 1. The lowest BCUT2D eigenvalue weighted by molar-refractivity contribution is -0.137. The van der Waals surface area contributed by atoms with Crippen LogP contribution in [-0.2, 0) is 12.1 Å². The third-order valence-electron chi connectivity index (χ3n) is 2.07. The molecule has 0 aliphatic rings. The van der Waals surface area contributed by atoms with Crippen LogP contribution < -0.4 is 5.73 Å². The van der Waals surface area contributed by atoms with E-state index in [4.69, 9.17) is 5.73 Å². The third-order valence-corrected chi connectivity index (χ3v) is 2.07. The molecule has 1 aromatic carbocycles. The summed E-state index contributed by atoms with van der Waals surface area (Å²) in [6, 6.07) is 3.13. The van der Waals surface area contributed by atoms with Gasteiger partial charge in [-0.1, -0.05) is 12.1 Å². The maximum atomic E-state index is 13.3. The van der Waals surface area contributed by atoms with E-state index in [0.29, 0.717) is 6.07 Å². The van der Waals surface area contributed by atoms with Gasteiger partial charge in [0.05, 0.1) is 5.56 Å². The van der Waals surface area contributed by atoms with Crippen LogP contribution in [0.15, 0.2) is 24.3 Å². The Bertz CT molecular complexity index is 358. The van der Waals surface area contributed by atoms with Crippen LogP contribution in [0.3, 0.4) is 0 Å². The Kier molecular flexibility index (Phi) is 3.52. The summed E-state index contributed by atoms with van der Waals surface area (Å²) >= 11 is 0. The quantitative estimate of drug-likeness (QED) is 0.805. The number of benzene rings is 1. The van der Waals surface area contributed by atoms with E-state index < -0.39 is 29.6 Å². The molecule has 0 aliphatic heterocycles. The lowest BCUT2D eigenvalue weighted by Gasteiger charge is -2.17. The van der Waals surface area contributed by atoms with E-state index in [2.05, 4.69) is 0 Å². The standard InChI is InChI=1S/C10H10F5N/c11-9(12,4-5-16)7-2-1-3-8(6-7)10(13,14)15/h1-3,6H,4-5,16H2. The first-order valence-corrected chi connectivity index (χ1v) is 4.53. The van der Waals surface area contributed by atoms with Crippen LogP contribution in [0.1, 0.15) is 17.5 Å². The molecule has 0 atom stereocenters. The molecule has 0 radical (unpaired) electrons. The second-order valence-electron chi connectivity index (χ2n) is 3.32. The van der Waals surface area contributed by atoms with E-state index in [0.717, 1.165) is 18.2 Å². The van der Waals surface area contributed by atoms with E-state index >= 15 is 0 Å². The van der Waals surface area contributed by atoms with Gasteiger partial charge in [-0.25, -0.2) is 8.78 Å². The Balaban J connectivity index is 3.08. The number of alkyl halides is 5. The van der Waals surface area contributed by atoms with Crippen LogP contribution in [-0.4, -0.2) is 6.54 Å². The molecular formula is C10H10F5N. The van der Waals surface area contributed by atoms with Crippen molar-refractivity contribution in [1.29, 1.82) is 0 Å². The molecule has 0 amide bonds. The molecule has 1 rings (SSSR count). The second-order valence-corrected chi connectivity index (χ2v) is 3.32. The van der Waals surface area contributed by atoms with Crippen LogP contribution in [0.5, 0.6) is 0 Å². The van der Waals surface area contributed by atoms with Crippen molar-refractivity contribution in [3.05, 3.63) is 35.4 Å². The van der Waals surface area contributed by atoms with Gasteiger partial charge >= 0.3 is 6.18 Å². The number of halogens is 5.